The fraction of sp³-hybridized carbons (Fsp3) is 0.435. The molecule has 0 unspecified atom stereocenters. The molecule has 0 N–H and O–H groups in total. The predicted octanol–water partition coefficient (Wildman–Crippen LogP) is 4.58. The second kappa shape index (κ2) is 9.79. The van der Waals surface area contributed by atoms with Crippen LogP contribution in [0.25, 0.3) is 11.3 Å². The number of rotatable bonds is 5. The molecule has 0 bridgehead atoms. The van der Waals surface area contributed by atoms with Crippen molar-refractivity contribution >= 4 is 29.2 Å². The first kappa shape index (κ1) is 21.7. The van der Waals surface area contributed by atoms with Crippen molar-refractivity contribution in [1.29, 1.82) is 0 Å². The van der Waals surface area contributed by atoms with E-state index in [4.69, 9.17) is 30.7 Å². The van der Waals surface area contributed by atoms with E-state index in [1.54, 1.807) is 6.20 Å². The van der Waals surface area contributed by atoms with Gasteiger partial charge >= 0.3 is 0 Å². The van der Waals surface area contributed by atoms with E-state index in [-0.39, 0.29) is 5.92 Å². The summed E-state index contributed by atoms with van der Waals surface area (Å²) in [6.07, 6.45) is 5.39. The second-order valence-electron chi connectivity index (χ2n) is 8.19. The molecule has 5 rings (SSSR count). The lowest BCUT2D eigenvalue weighted by molar-refractivity contribution is 0.0786. The average molecular weight is 472 g/mol. The molecule has 0 amide bonds. The normalized spacial score (nSPS) is 18.2. The molecule has 7 nitrogen and oxygen atoms in total. The van der Waals surface area contributed by atoms with Gasteiger partial charge in [-0.05, 0) is 55.9 Å². The third-order valence-corrected chi connectivity index (χ3v) is 7.07. The van der Waals surface area contributed by atoms with Gasteiger partial charge in [0.1, 0.15) is 16.5 Å². The summed E-state index contributed by atoms with van der Waals surface area (Å²) in [5.74, 6) is 2.04. The van der Waals surface area contributed by atoms with Crippen molar-refractivity contribution in [3.05, 3.63) is 47.6 Å². The van der Waals surface area contributed by atoms with Crippen LogP contribution in [0, 0.1) is 0 Å². The van der Waals surface area contributed by atoms with Gasteiger partial charge in [0.15, 0.2) is 11.0 Å². The molecule has 0 spiro atoms. The Morgan fingerprint density at radius 1 is 1.00 bits per heavy atom. The third-order valence-electron chi connectivity index (χ3n) is 5.93. The smallest absolute Gasteiger partial charge is 0.199 e. The van der Waals surface area contributed by atoms with Gasteiger partial charge < -0.3 is 19.0 Å². The maximum absolute atomic E-state index is 6.28. The minimum absolute atomic E-state index is 0.271. The van der Waals surface area contributed by atoms with E-state index < -0.39 is 0 Å². The van der Waals surface area contributed by atoms with Gasteiger partial charge in [0.25, 0.3) is 0 Å². The zero-order chi connectivity index (χ0) is 21.9. The number of nitrogens with zero attached hydrogens (tertiary/aromatic N) is 5. The standard InChI is InChI=1S/C23H26ClN5O2S/c1-28-8-10-29(11-9-28)19-4-2-17(14-25-19)21-23(32-20-5-3-18(24)15-26-20)31-22(27-21)16-6-12-30-13-7-16/h2-5,14-16H,6-13H2,1H3. The zero-order valence-electron chi connectivity index (χ0n) is 18.0. The number of ether oxygens (including phenoxy) is 1. The van der Waals surface area contributed by atoms with Gasteiger partial charge in [-0.25, -0.2) is 15.0 Å². The van der Waals surface area contributed by atoms with Crippen molar-refractivity contribution in [1.82, 2.24) is 19.9 Å². The molecule has 32 heavy (non-hydrogen) atoms. The number of hydrogen-bond acceptors (Lipinski definition) is 8. The van der Waals surface area contributed by atoms with Gasteiger partial charge in [0.2, 0.25) is 0 Å². The quantitative estimate of drug-likeness (QED) is 0.535. The van der Waals surface area contributed by atoms with E-state index in [0.717, 1.165) is 85.3 Å². The summed E-state index contributed by atoms with van der Waals surface area (Å²) in [6, 6.07) is 7.89. The summed E-state index contributed by atoms with van der Waals surface area (Å²) in [4.78, 5) is 18.7. The summed E-state index contributed by atoms with van der Waals surface area (Å²) in [5.41, 5.74) is 1.76. The van der Waals surface area contributed by atoms with Crippen LogP contribution in [0.2, 0.25) is 5.02 Å². The summed E-state index contributed by atoms with van der Waals surface area (Å²) in [6.45, 7) is 5.57. The Kier molecular flexibility index (Phi) is 6.64. The molecule has 0 aliphatic carbocycles. The van der Waals surface area contributed by atoms with Gasteiger partial charge in [-0.1, -0.05) is 11.6 Å². The van der Waals surface area contributed by atoms with E-state index in [2.05, 4.69) is 34.0 Å². The summed E-state index contributed by atoms with van der Waals surface area (Å²) >= 11 is 7.46. The number of hydrogen-bond donors (Lipinski definition) is 0. The highest BCUT2D eigenvalue weighted by Crippen LogP contribution is 2.39. The Morgan fingerprint density at radius 2 is 1.81 bits per heavy atom. The van der Waals surface area contributed by atoms with Gasteiger partial charge in [0, 0.05) is 63.3 Å². The third kappa shape index (κ3) is 4.93. The molecule has 0 aromatic carbocycles. The van der Waals surface area contributed by atoms with Crippen LogP contribution >= 0.6 is 23.4 Å². The van der Waals surface area contributed by atoms with E-state index in [9.17, 15) is 0 Å². The SMILES string of the molecule is CN1CCN(c2ccc(-c3nc(C4CCOCC4)oc3Sc3ccc(Cl)cn3)cn2)CC1. The number of pyridine rings is 2. The number of likely N-dealkylation sites (N-methyl/N-ethyl adjacent to an activating group) is 1. The number of anilines is 1. The Morgan fingerprint density at radius 3 is 2.50 bits per heavy atom. The lowest BCUT2D eigenvalue weighted by Crippen LogP contribution is -2.44. The highest BCUT2D eigenvalue weighted by molar-refractivity contribution is 7.99. The van der Waals surface area contributed by atoms with Crippen LogP contribution in [0.4, 0.5) is 5.82 Å². The van der Waals surface area contributed by atoms with Gasteiger partial charge in [-0.2, -0.15) is 0 Å². The average Bonchev–Trinajstić information content (AvgIpc) is 3.25. The molecule has 0 saturated carbocycles. The molecule has 2 saturated heterocycles. The van der Waals surface area contributed by atoms with Crippen molar-refractivity contribution < 1.29 is 9.15 Å². The molecule has 2 aliphatic rings. The number of halogens is 1. The van der Waals surface area contributed by atoms with E-state index in [1.165, 1.54) is 11.8 Å². The van der Waals surface area contributed by atoms with Crippen molar-refractivity contribution in [2.24, 2.45) is 0 Å². The van der Waals surface area contributed by atoms with Crippen LogP contribution in [-0.4, -0.2) is 66.3 Å². The Labute approximate surface area is 197 Å². The van der Waals surface area contributed by atoms with Crippen LogP contribution in [-0.2, 0) is 4.74 Å². The number of aromatic nitrogens is 3. The van der Waals surface area contributed by atoms with Crippen LogP contribution in [0.15, 0.2) is 51.2 Å². The fourth-order valence-electron chi connectivity index (χ4n) is 3.96. The molecule has 3 aromatic rings. The van der Waals surface area contributed by atoms with Crippen LogP contribution in [0.3, 0.4) is 0 Å². The van der Waals surface area contributed by atoms with Crippen molar-refractivity contribution in [3.8, 4) is 11.3 Å². The maximum Gasteiger partial charge on any atom is 0.199 e. The number of oxazole rings is 1. The fourth-order valence-corrected chi connectivity index (χ4v) is 4.89. The van der Waals surface area contributed by atoms with Crippen molar-refractivity contribution in [3.63, 3.8) is 0 Å². The minimum Gasteiger partial charge on any atom is -0.433 e. The highest BCUT2D eigenvalue weighted by Gasteiger charge is 2.25. The molecular weight excluding hydrogens is 446 g/mol. The molecule has 9 heteroatoms. The molecule has 0 radical (unpaired) electrons. The monoisotopic (exact) mass is 471 g/mol. The Balaban J connectivity index is 1.43. The van der Waals surface area contributed by atoms with Crippen LogP contribution in [0.5, 0.6) is 0 Å². The second-order valence-corrected chi connectivity index (χ2v) is 9.62. The minimum atomic E-state index is 0.271. The van der Waals surface area contributed by atoms with Crippen LogP contribution in [0.1, 0.15) is 24.7 Å². The molecular formula is C23H26ClN5O2S. The van der Waals surface area contributed by atoms with Gasteiger partial charge in [-0.15, -0.1) is 0 Å². The molecule has 3 aromatic heterocycles. The summed E-state index contributed by atoms with van der Waals surface area (Å²) in [5, 5.41) is 2.15. The van der Waals surface area contributed by atoms with Gasteiger partial charge in [0.05, 0.1) is 5.02 Å². The molecule has 5 heterocycles. The van der Waals surface area contributed by atoms with E-state index in [1.807, 2.05) is 18.3 Å². The summed E-state index contributed by atoms with van der Waals surface area (Å²) < 4.78 is 11.8. The molecule has 168 valence electrons. The highest BCUT2D eigenvalue weighted by atomic mass is 35.5. The first-order chi connectivity index (χ1) is 15.7. The largest absolute Gasteiger partial charge is 0.433 e. The van der Waals surface area contributed by atoms with E-state index in [0.29, 0.717) is 5.02 Å². The van der Waals surface area contributed by atoms with Crippen molar-refractivity contribution in [2.75, 3.05) is 51.3 Å². The molecule has 2 aliphatic heterocycles. The first-order valence-corrected chi connectivity index (χ1v) is 12.1. The Hall–Kier alpha value is -2.13. The lowest BCUT2D eigenvalue weighted by Gasteiger charge is -2.33. The van der Waals surface area contributed by atoms with E-state index >= 15 is 0 Å². The zero-order valence-corrected chi connectivity index (χ0v) is 19.6. The Bertz CT molecular complexity index is 1030. The lowest BCUT2D eigenvalue weighted by atomic mass is 10.0. The molecule has 2 fully saturated rings. The number of piperazine rings is 1. The topological polar surface area (TPSA) is 67.5 Å². The van der Waals surface area contributed by atoms with Crippen LogP contribution < -0.4 is 4.90 Å². The predicted molar refractivity (Wildman–Crippen MR) is 126 cm³/mol. The first-order valence-electron chi connectivity index (χ1n) is 10.9. The molecule has 0 atom stereocenters. The maximum atomic E-state index is 6.28. The van der Waals surface area contributed by atoms with Gasteiger partial charge in [-0.3, -0.25) is 0 Å². The summed E-state index contributed by atoms with van der Waals surface area (Å²) in [7, 11) is 2.16. The van der Waals surface area contributed by atoms with Crippen molar-refractivity contribution in [2.45, 2.75) is 28.9 Å².